The second-order valence-electron chi connectivity index (χ2n) is 3.39. The number of hydrogen-bond donors (Lipinski definition) is 1. The van der Waals surface area contributed by atoms with Gasteiger partial charge in [-0.1, -0.05) is 0 Å². The summed E-state index contributed by atoms with van der Waals surface area (Å²) < 4.78 is 10.5. The molecule has 0 fully saturated rings. The Morgan fingerprint density at radius 1 is 1.24 bits per heavy atom. The third-order valence-corrected chi connectivity index (χ3v) is 3.46. The van der Waals surface area contributed by atoms with Crippen LogP contribution in [0.2, 0.25) is 0 Å². The lowest BCUT2D eigenvalue weighted by Gasteiger charge is -2.08. The van der Waals surface area contributed by atoms with Crippen molar-refractivity contribution < 1.29 is 9.47 Å². The largest absolute Gasteiger partial charge is 0.493 e. The first kappa shape index (κ1) is 11.9. The Bertz CT molecular complexity index is 511. The third kappa shape index (κ3) is 2.40. The van der Waals surface area contributed by atoms with E-state index < -0.39 is 0 Å². The van der Waals surface area contributed by atoms with Crippen LogP contribution in [0.15, 0.2) is 24.4 Å². The minimum absolute atomic E-state index is 0.470. The van der Waals surface area contributed by atoms with Gasteiger partial charge in [-0.2, -0.15) is 0 Å². The van der Waals surface area contributed by atoms with Crippen molar-refractivity contribution in [2.75, 3.05) is 14.2 Å². The molecule has 0 saturated heterocycles. The lowest BCUT2D eigenvalue weighted by molar-refractivity contribution is 0.355. The summed E-state index contributed by atoms with van der Waals surface area (Å²) in [5.41, 5.74) is 6.60. The zero-order valence-electron chi connectivity index (χ0n) is 9.77. The number of rotatable bonds is 4. The summed E-state index contributed by atoms with van der Waals surface area (Å²) in [6.07, 6.45) is 1.83. The monoisotopic (exact) mass is 250 g/mol. The molecule has 0 atom stereocenters. The van der Waals surface area contributed by atoms with E-state index in [1.165, 1.54) is 0 Å². The van der Waals surface area contributed by atoms with Gasteiger partial charge in [0.05, 0.1) is 19.1 Å². The van der Waals surface area contributed by atoms with Crippen LogP contribution in [0.4, 0.5) is 0 Å². The van der Waals surface area contributed by atoms with E-state index in [2.05, 4.69) is 4.98 Å². The molecule has 2 aromatic rings. The standard InChI is InChI=1S/C12H14N2O2S/c1-15-9-4-3-8(5-10(9)16-2)11-7-14-12(6-13)17-11/h3-5,7H,6,13H2,1-2H3. The molecule has 0 aliphatic heterocycles. The first-order valence-corrected chi connectivity index (χ1v) is 5.97. The van der Waals surface area contributed by atoms with Gasteiger partial charge < -0.3 is 15.2 Å². The van der Waals surface area contributed by atoms with Crippen LogP contribution in [0.5, 0.6) is 11.5 Å². The molecule has 0 saturated carbocycles. The molecule has 0 amide bonds. The second kappa shape index (κ2) is 5.16. The van der Waals surface area contributed by atoms with Gasteiger partial charge in [0, 0.05) is 12.7 Å². The Morgan fingerprint density at radius 2 is 2.00 bits per heavy atom. The minimum atomic E-state index is 0.470. The molecule has 0 spiro atoms. The number of ether oxygens (including phenoxy) is 2. The summed E-state index contributed by atoms with van der Waals surface area (Å²) >= 11 is 1.59. The van der Waals surface area contributed by atoms with Crippen molar-refractivity contribution in [1.82, 2.24) is 4.98 Å². The SMILES string of the molecule is COc1ccc(-c2cnc(CN)s2)cc1OC. The molecule has 1 heterocycles. The van der Waals surface area contributed by atoms with Crippen molar-refractivity contribution in [3.8, 4) is 21.9 Å². The maximum atomic E-state index is 5.55. The predicted octanol–water partition coefficient (Wildman–Crippen LogP) is 2.29. The van der Waals surface area contributed by atoms with E-state index in [0.29, 0.717) is 12.3 Å². The number of nitrogens with two attached hydrogens (primary N) is 1. The van der Waals surface area contributed by atoms with Crippen molar-refractivity contribution in [2.24, 2.45) is 5.73 Å². The predicted molar refractivity (Wildman–Crippen MR) is 68.5 cm³/mol. The van der Waals surface area contributed by atoms with Crippen LogP contribution in [-0.4, -0.2) is 19.2 Å². The van der Waals surface area contributed by atoms with Crippen molar-refractivity contribution in [3.05, 3.63) is 29.4 Å². The lowest BCUT2D eigenvalue weighted by atomic mass is 10.2. The van der Waals surface area contributed by atoms with Gasteiger partial charge in [0.25, 0.3) is 0 Å². The number of methoxy groups -OCH3 is 2. The highest BCUT2D eigenvalue weighted by Gasteiger charge is 2.08. The first-order chi connectivity index (χ1) is 8.28. The van der Waals surface area contributed by atoms with E-state index in [9.17, 15) is 0 Å². The van der Waals surface area contributed by atoms with Crippen LogP contribution in [0.25, 0.3) is 10.4 Å². The molecule has 0 radical (unpaired) electrons. The highest BCUT2D eigenvalue weighted by atomic mass is 32.1. The average molecular weight is 250 g/mol. The summed E-state index contributed by atoms with van der Waals surface area (Å²) in [5, 5.41) is 0.926. The van der Waals surface area contributed by atoms with Crippen LogP contribution in [-0.2, 0) is 6.54 Å². The molecule has 2 N–H and O–H groups in total. The van der Waals surface area contributed by atoms with Crippen molar-refractivity contribution in [2.45, 2.75) is 6.54 Å². The van der Waals surface area contributed by atoms with Crippen LogP contribution in [0.1, 0.15) is 5.01 Å². The summed E-state index contributed by atoms with van der Waals surface area (Å²) in [6, 6.07) is 5.80. The van der Waals surface area contributed by atoms with Gasteiger partial charge in [0.1, 0.15) is 5.01 Å². The first-order valence-electron chi connectivity index (χ1n) is 5.15. The van der Waals surface area contributed by atoms with Crippen LogP contribution in [0.3, 0.4) is 0 Å². The maximum Gasteiger partial charge on any atom is 0.161 e. The normalized spacial score (nSPS) is 10.3. The molecular formula is C12H14N2O2S. The van der Waals surface area contributed by atoms with Crippen molar-refractivity contribution in [3.63, 3.8) is 0 Å². The van der Waals surface area contributed by atoms with Gasteiger partial charge in [-0.15, -0.1) is 11.3 Å². The number of aromatic nitrogens is 1. The van der Waals surface area contributed by atoms with E-state index in [-0.39, 0.29) is 0 Å². The molecule has 90 valence electrons. The molecule has 2 rings (SSSR count). The molecule has 17 heavy (non-hydrogen) atoms. The van der Waals surface area contributed by atoms with Crippen molar-refractivity contribution >= 4 is 11.3 Å². The van der Waals surface area contributed by atoms with E-state index in [0.717, 1.165) is 21.2 Å². The van der Waals surface area contributed by atoms with Crippen LogP contribution >= 0.6 is 11.3 Å². The fourth-order valence-electron chi connectivity index (χ4n) is 1.53. The molecule has 0 aliphatic rings. The topological polar surface area (TPSA) is 57.4 Å². The zero-order chi connectivity index (χ0) is 12.3. The molecule has 5 heteroatoms. The zero-order valence-corrected chi connectivity index (χ0v) is 10.6. The molecule has 0 bridgehead atoms. The number of benzene rings is 1. The van der Waals surface area contributed by atoms with Crippen LogP contribution in [0, 0.1) is 0 Å². The highest BCUT2D eigenvalue weighted by molar-refractivity contribution is 7.15. The Hall–Kier alpha value is -1.59. The third-order valence-electron chi connectivity index (χ3n) is 2.40. The van der Waals surface area contributed by atoms with Gasteiger partial charge in [0.15, 0.2) is 11.5 Å². The molecule has 0 unspecified atom stereocenters. The molecular weight excluding hydrogens is 236 g/mol. The van der Waals surface area contributed by atoms with Gasteiger partial charge in [0.2, 0.25) is 0 Å². The lowest BCUT2D eigenvalue weighted by Crippen LogP contribution is -1.93. The Kier molecular flexibility index (Phi) is 3.61. The number of thiazole rings is 1. The molecule has 4 nitrogen and oxygen atoms in total. The summed E-state index contributed by atoms with van der Waals surface area (Å²) in [7, 11) is 3.25. The summed E-state index contributed by atoms with van der Waals surface area (Å²) in [6.45, 7) is 0.470. The van der Waals surface area contributed by atoms with Gasteiger partial charge in [-0.05, 0) is 23.8 Å². The van der Waals surface area contributed by atoms with Crippen molar-refractivity contribution in [1.29, 1.82) is 0 Å². The van der Waals surface area contributed by atoms with E-state index >= 15 is 0 Å². The van der Waals surface area contributed by atoms with Gasteiger partial charge >= 0.3 is 0 Å². The average Bonchev–Trinajstić information content (AvgIpc) is 2.86. The Balaban J connectivity index is 2.38. The van der Waals surface area contributed by atoms with E-state index in [4.69, 9.17) is 15.2 Å². The molecule has 0 aliphatic carbocycles. The fourth-order valence-corrected chi connectivity index (χ4v) is 2.32. The highest BCUT2D eigenvalue weighted by Crippen LogP contribution is 2.34. The maximum absolute atomic E-state index is 5.55. The quantitative estimate of drug-likeness (QED) is 0.904. The molecule has 1 aromatic carbocycles. The Morgan fingerprint density at radius 3 is 2.59 bits per heavy atom. The summed E-state index contributed by atoms with van der Waals surface area (Å²) in [5.74, 6) is 1.44. The molecule has 1 aromatic heterocycles. The Labute approximate surface area is 104 Å². The van der Waals surface area contributed by atoms with Gasteiger partial charge in [-0.3, -0.25) is 0 Å². The van der Waals surface area contributed by atoms with Crippen LogP contribution < -0.4 is 15.2 Å². The smallest absolute Gasteiger partial charge is 0.161 e. The fraction of sp³-hybridized carbons (Fsp3) is 0.250. The van der Waals surface area contributed by atoms with E-state index in [1.54, 1.807) is 25.6 Å². The number of nitrogens with zero attached hydrogens (tertiary/aromatic N) is 1. The number of hydrogen-bond acceptors (Lipinski definition) is 5. The minimum Gasteiger partial charge on any atom is -0.493 e. The second-order valence-corrected chi connectivity index (χ2v) is 4.51. The summed E-state index contributed by atoms with van der Waals surface area (Å²) in [4.78, 5) is 5.31. The van der Waals surface area contributed by atoms with Gasteiger partial charge in [-0.25, -0.2) is 4.98 Å². The van der Waals surface area contributed by atoms with E-state index in [1.807, 2.05) is 24.4 Å².